The van der Waals surface area contributed by atoms with E-state index in [1.54, 1.807) is 0 Å². The van der Waals surface area contributed by atoms with Crippen LogP contribution in [0.2, 0.25) is 0 Å². The molecule has 0 saturated carbocycles. The van der Waals surface area contributed by atoms with Crippen LogP contribution in [-0.4, -0.2) is 41.9 Å². The highest BCUT2D eigenvalue weighted by Crippen LogP contribution is 2.50. The maximum absolute atomic E-state index is 13.3. The summed E-state index contributed by atoms with van der Waals surface area (Å²) in [6.45, 7) is 0.683. The van der Waals surface area contributed by atoms with Gasteiger partial charge in [-0.2, -0.15) is 26.3 Å². The molecular weight excluding hydrogens is 273 g/mol. The lowest BCUT2D eigenvalue weighted by atomic mass is 9.89. The number of halogens is 7. The van der Waals surface area contributed by atoms with Crippen LogP contribution in [0.4, 0.5) is 30.7 Å². The summed E-state index contributed by atoms with van der Waals surface area (Å²) in [6, 6.07) is 0. The van der Waals surface area contributed by atoms with Gasteiger partial charge in [0.05, 0.1) is 18.8 Å². The number of alkyl halides is 7. The van der Waals surface area contributed by atoms with Crippen molar-refractivity contribution in [1.82, 2.24) is 0 Å². The summed E-state index contributed by atoms with van der Waals surface area (Å²) in [5, 5.41) is 8.38. The van der Waals surface area contributed by atoms with Crippen molar-refractivity contribution in [2.75, 3.05) is 13.2 Å². The van der Waals surface area contributed by atoms with E-state index in [0.29, 0.717) is 0 Å². The molecule has 9 heteroatoms. The molecule has 0 aromatic heterocycles. The highest BCUT2D eigenvalue weighted by Gasteiger charge is 2.73. The smallest absolute Gasteiger partial charge is 0.394 e. The normalized spacial score (nSPS) is 15.0. The van der Waals surface area contributed by atoms with Crippen molar-refractivity contribution in [2.45, 2.75) is 43.9 Å². The van der Waals surface area contributed by atoms with Crippen LogP contribution >= 0.6 is 0 Å². The molecule has 18 heavy (non-hydrogen) atoms. The second-order valence-corrected chi connectivity index (χ2v) is 4.31. The summed E-state index contributed by atoms with van der Waals surface area (Å²) in [7, 11) is 0. The molecule has 110 valence electrons. The van der Waals surface area contributed by atoms with Crippen LogP contribution in [0.5, 0.6) is 0 Å². The van der Waals surface area contributed by atoms with Gasteiger partial charge in [-0.3, -0.25) is 0 Å². The summed E-state index contributed by atoms with van der Waals surface area (Å²) in [5.74, 6) is 0. The Hall–Kier alpha value is -0.570. The van der Waals surface area contributed by atoms with Gasteiger partial charge in [-0.15, -0.1) is 0 Å². The monoisotopic (exact) mass is 286 g/mol. The van der Waals surface area contributed by atoms with Gasteiger partial charge in [0.1, 0.15) is 0 Å². The molecule has 0 aromatic rings. The molecule has 0 radical (unpaired) electrons. The lowest BCUT2D eigenvalue weighted by molar-refractivity contribution is -0.352. The molecule has 0 atom stereocenters. The zero-order chi connectivity index (χ0) is 14.8. The van der Waals surface area contributed by atoms with Gasteiger partial charge >= 0.3 is 18.0 Å². The van der Waals surface area contributed by atoms with Gasteiger partial charge in [0.2, 0.25) is 0 Å². The Morgan fingerprint density at radius 3 is 1.56 bits per heavy atom. The van der Waals surface area contributed by atoms with Gasteiger partial charge in [0, 0.05) is 6.42 Å². The largest absolute Gasteiger partial charge is 0.431 e. The number of hydrogen-bond acceptors (Lipinski definition) is 2. The van der Waals surface area contributed by atoms with E-state index >= 15 is 0 Å². The standard InChI is InChI=1S/C9H13F7O2/c1-6(2,18-4-3-17)5-7(10,8(11,12)13)9(14,15)16/h17H,3-5H2,1-2H3. The highest BCUT2D eigenvalue weighted by atomic mass is 19.4. The maximum atomic E-state index is 13.3. The summed E-state index contributed by atoms with van der Waals surface area (Å²) >= 11 is 0. The molecule has 0 aromatic carbocycles. The van der Waals surface area contributed by atoms with E-state index in [9.17, 15) is 30.7 Å². The first kappa shape index (κ1) is 17.4. The third kappa shape index (κ3) is 3.98. The number of aliphatic hydroxyl groups excluding tert-OH is 1. The SMILES string of the molecule is CC(C)(CC(F)(C(F)(F)F)C(F)(F)F)OCCO. The van der Waals surface area contributed by atoms with Crippen molar-refractivity contribution in [2.24, 2.45) is 0 Å². The van der Waals surface area contributed by atoms with Crippen LogP contribution in [0.3, 0.4) is 0 Å². The fraction of sp³-hybridized carbons (Fsp3) is 1.00. The molecule has 0 bridgehead atoms. The lowest BCUT2D eigenvalue weighted by Crippen LogP contribution is -2.56. The first-order valence-electron chi connectivity index (χ1n) is 4.84. The van der Waals surface area contributed by atoms with E-state index < -0.39 is 43.3 Å². The third-order valence-electron chi connectivity index (χ3n) is 2.15. The molecule has 0 aliphatic carbocycles. The molecule has 0 amide bonds. The molecule has 0 fully saturated rings. The molecule has 0 spiro atoms. The van der Waals surface area contributed by atoms with E-state index in [1.165, 1.54) is 0 Å². The van der Waals surface area contributed by atoms with Gasteiger partial charge in [0.15, 0.2) is 0 Å². The zero-order valence-electron chi connectivity index (χ0n) is 9.62. The van der Waals surface area contributed by atoms with Crippen molar-refractivity contribution in [3.63, 3.8) is 0 Å². The van der Waals surface area contributed by atoms with Crippen molar-refractivity contribution in [3.8, 4) is 0 Å². The van der Waals surface area contributed by atoms with Crippen molar-refractivity contribution < 1.29 is 40.6 Å². The first-order chi connectivity index (χ1) is 7.77. The second kappa shape index (κ2) is 5.20. The molecule has 0 aliphatic heterocycles. The van der Waals surface area contributed by atoms with Crippen molar-refractivity contribution in [3.05, 3.63) is 0 Å². The van der Waals surface area contributed by atoms with Crippen LogP contribution in [0.15, 0.2) is 0 Å². The minimum absolute atomic E-state index is 0.487. The first-order valence-corrected chi connectivity index (χ1v) is 4.84. The van der Waals surface area contributed by atoms with E-state index in [1.807, 2.05) is 0 Å². The molecule has 0 heterocycles. The van der Waals surface area contributed by atoms with Crippen molar-refractivity contribution >= 4 is 0 Å². The molecule has 0 rings (SSSR count). The van der Waals surface area contributed by atoms with E-state index in [0.717, 1.165) is 13.8 Å². The molecule has 0 saturated heterocycles. The van der Waals surface area contributed by atoms with Gasteiger partial charge in [-0.1, -0.05) is 0 Å². The zero-order valence-corrected chi connectivity index (χ0v) is 9.62. The predicted molar refractivity (Wildman–Crippen MR) is 47.7 cm³/mol. The van der Waals surface area contributed by atoms with Crippen LogP contribution in [0.1, 0.15) is 20.3 Å². The Labute approximate surface area is 98.7 Å². The van der Waals surface area contributed by atoms with Crippen LogP contribution in [0, 0.1) is 0 Å². The Morgan fingerprint density at radius 1 is 0.889 bits per heavy atom. The topological polar surface area (TPSA) is 29.5 Å². The van der Waals surface area contributed by atoms with Crippen LogP contribution < -0.4 is 0 Å². The fourth-order valence-corrected chi connectivity index (χ4v) is 1.32. The highest BCUT2D eigenvalue weighted by molar-refractivity contribution is 4.98. The van der Waals surface area contributed by atoms with Crippen molar-refractivity contribution in [1.29, 1.82) is 0 Å². The minimum atomic E-state index is -6.09. The quantitative estimate of drug-likeness (QED) is 0.787. The number of hydrogen-bond donors (Lipinski definition) is 1. The Kier molecular flexibility index (Phi) is 5.03. The lowest BCUT2D eigenvalue weighted by Gasteiger charge is -2.36. The third-order valence-corrected chi connectivity index (χ3v) is 2.15. The number of ether oxygens (including phenoxy) is 1. The van der Waals surface area contributed by atoms with Crippen LogP contribution in [-0.2, 0) is 4.74 Å². The van der Waals surface area contributed by atoms with Gasteiger partial charge in [-0.25, -0.2) is 4.39 Å². The summed E-state index contributed by atoms with van der Waals surface area (Å²) in [6.07, 6.45) is -14.1. The maximum Gasteiger partial charge on any atom is 0.431 e. The molecule has 1 N–H and O–H groups in total. The molecular formula is C9H13F7O2. The Bertz CT molecular complexity index is 255. The van der Waals surface area contributed by atoms with Crippen LogP contribution in [0.25, 0.3) is 0 Å². The second-order valence-electron chi connectivity index (χ2n) is 4.31. The summed E-state index contributed by atoms with van der Waals surface area (Å²) in [4.78, 5) is 0. The number of aliphatic hydroxyl groups is 1. The average Bonchev–Trinajstić information content (AvgIpc) is 2.10. The Balaban J connectivity index is 5.16. The molecule has 0 unspecified atom stereocenters. The van der Waals surface area contributed by atoms with Gasteiger partial charge in [-0.05, 0) is 13.8 Å². The average molecular weight is 286 g/mol. The van der Waals surface area contributed by atoms with E-state index in [-0.39, 0.29) is 0 Å². The van der Waals surface area contributed by atoms with E-state index in [4.69, 9.17) is 5.11 Å². The molecule has 0 aliphatic rings. The van der Waals surface area contributed by atoms with Gasteiger partial charge < -0.3 is 9.84 Å². The fourth-order valence-electron chi connectivity index (χ4n) is 1.32. The van der Waals surface area contributed by atoms with E-state index in [2.05, 4.69) is 4.74 Å². The van der Waals surface area contributed by atoms with Gasteiger partial charge in [0.25, 0.3) is 0 Å². The Morgan fingerprint density at radius 2 is 1.28 bits per heavy atom. The number of rotatable bonds is 5. The minimum Gasteiger partial charge on any atom is -0.394 e. The summed E-state index contributed by atoms with van der Waals surface area (Å²) in [5.41, 5.74) is -7.37. The summed E-state index contributed by atoms with van der Waals surface area (Å²) < 4.78 is 91.4. The molecule has 2 nitrogen and oxygen atoms in total. The predicted octanol–water partition coefficient (Wildman–Crippen LogP) is 3.00.